The van der Waals surface area contributed by atoms with Gasteiger partial charge in [-0.3, -0.25) is 14.5 Å². The summed E-state index contributed by atoms with van der Waals surface area (Å²) in [5.41, 5.74) is 1.39. The molecule has 1 fully saturated rings. The number of carbonyl (C=O) groups excluding carboxylic acids is 2. The molecule has 0 aliphatic carbocycles. The van der Waals surface area contributed by atoms with Gasteiger partial charge in [-0.1, -0.05) is 12.1 Å². The maximum absolute atomic E-state index is 13.4. The van der Waals surface area contributed by atoms with E-state index in [0.29, 0.717) is 29.4 Å². The summed E-state index contributed by atoms with van der Waals surface area (Å²) < 4.78 is 29.7. The summed E-state index contributed by atoms with van der Waals surface area (Å²) in [5.74, 6) is -0.116. The van der Waals surface area contributed by atoms with Gasteiger partial charge in [0.2, 0.25) is 6.79 Å². The quantitative estimate of drug-likeness (QED) is 0.764. The average Bonchev–Trinajstić information content (AvgIpc) is 3.47. The zero-order chi connectivity index (χ0) is 20.7. The third kappa shape index (κ3) is 3.29. The minimum atomic E-state index is -0.438. The zero-order valence-corrected chi connectivity index (χ0v) is 16.0. The van der Waals surface area contributed by atoms with Crippen LogP contribution in [0, 0.1) is 5.82 Å². The molecule has 0 bridgehead atoms. The van der Waals surface area contributed by atoms with E-state index in [0.717, 1.165) is 12.8 Å². The Kier molecular flexibility index (Phi) is 4.63. The Hall–Kier alpha value is -3.39. The van der Waals surface area contributed by atoms with E-state index in [9.17, 15) is 14.0 Å². The summed E-state index contributed by atoms with van der Waals surface area (Å²) in [5, 5.41) is 3.07. The van der Waals surface area contributed by atoms with E-state index >= 15 is 0 Å². The molecule has 0 aromatic heterocycles. The largest absolute Gasteiger partial charge is 0.454 e. The number of imide groups is 1. The number of nitrogens with one attached hydrogen (secondary N) is 1. The monoisotopic (exact) mass is 410 g/mol. The van der Waals surface area contributed by atoms with E-state index in [2.05, 4.69) is 5.32 Å². The van der Waals surface area contributed by atoms with Gasteiger partial charge in [0.25, 0.3) is 11.8 Å². The van der Waals surface area contributed by atoms with Crippen LogP contribution in [0.2, 0.25) is 0 Å². The summed E-state index contributed by atoms with van der Waals surface area (Å²) in [6, 6.07) is 10.7. The maximum atomic E-state index is 13.4. The molecule has 8 heteroatoms. The van der Waals surface area contributed by atoms with Gasteiger partial charge < -0.3 is 19.5 Å². The molecule has 2 amide bonds. The number of rotatable bonds is 5. The van der Waals surface area contributed by atoms with Gasteiger partial charge in [0.15, 0.2) is 11.5 Å². The fraction of sp³-hybridized carbons (Fsp3) is 0.273. The van der Waals surface area contributed by atoms with Gasteiger partial charge in [0, 0.05) is 18.4 Å². The highest BCUT2D eigenvalue weighted by molar-refractivity contribution is 6.36. The molecule has 3 aliphatic rings. The van der Waals surface area contributed by atoms with Crippen molar-refractivity contribution in [3.63, 3.8) is 0 Å². The van der Waals surface area contributed by atoms with Gasteiger partial charge in [-0.25, -0.2) is 4.39 Å². The highest BCUT2D eigenvalue weighted by Crippen LogP contribution is 2.36. The van der Waals surface area contributed by atoms with E-state index in [-0.39, 0.29) is 30.7 Å². The Balaban J connectivity index is 1.50. The lowest BCUT2D eigenvalue weighted by Gasteiger charge is -2.19. The molecule has 0 spiro atoms. The Morgan fingerprint density at radius 1 is 1.03 bits per heavy atom. The second-order valence-electron chi connectivity index (χ2n) is 7.31. The van der Waals surface area contributed by atoms with Crippen molar-refractivity contribution in [3.8, 4) is 11.5 Å². The van der Waals surface area contributed by atoms with E-state index in [1.165, 1.54) is 29.2 Å². The molecule has 5 rings (SSSR count). The van der Waals surface area contributed by atoms with Crippen LogP contribution >= 0.6 is 0 Å². The molecule has 7 nitrogen and oxygen atoms in total. The first kappa shape index (κ1) is 18.6. The Morgan fingerprint density at radius 3 is 2.60 bits per heavy atom. The average molecular weight is 410 g/mol. The fourth-order valence-corrected chi connectivity index (χ4v) is 3.85. The third-order valence-corrected chi connectivity index (χ3v) is 5.35. The lowest BCUT2D eigenvalue weighted by molar-refractivity contribution is -0.138. The number of nitrogens with zero attached hydrogens (tertiary/aromatic N) is 1. The number of hydrogen-bond acceptors (Lipinski definition) is 6. The van der Waals surface area contributed by atoms with Gasteiger partial charge in [-0.15, -0.1) is 0 Å². The number of ether oxygens (including phenoxy) is 3. The smallest absolute Gasteiger partial charge is 0.278 e. The highest BCUT2D eigenvalue weighted by atomic mass is 19.1. The minimum absolute atomic E-state index is 0.134. The standard InChI is InChI=1S/C22H19FN2O5/c23-14-5-3-13(4-6-14)19-20(24-15-7-8-17-18(10-15)30-12-29-17)22(27)25(21(19)26)11-16-2-1-9-28-16/h3-8,10,16,24H,1-2,9,11-12H2. The van der Waals surface area contributed by atoms with Gasteiger partial charge in [0.1, 0.15) is 11.5 Å². The summed E-state index contributed by atoms with van der Waals surface area (Å²) >= 11 is 0. The molecule has 2 aromatic rings. The summed E-state index contributed by atoms with van der Waals surface area (Å²) in [7, 11) is 0. The summed E-state index contributed by atoms with van der Waals surface area (Å²) in [6.07, 6.45) is 1.53. The number of halogens is 1. The van der Waals surface area contributed by atoms with Crippen LogP contribution in [0.25, 0.3) is 5.57 Å². The minimum Gasteiger partial charge on any atom is -0.454 e. The van der Waals surface area contributed by atoms with Crippen molar-refractivity contribution in [1.29, 1.82) is 0 Å². The molecule has 1 saturated heterocycles. The van der Waals surface area contributed by atoms with Crippen molar-refractivity contribution in [2.45, 2.75) is 18.9 Å². The number of carbonyl (C=O) groups is 2. The van der Waals surface area contributed by atoms with Crippen LogP contribution in [0.4, 0.5) is 10.1 Å². The zero-order valence-electron chi connectivity index (χ0n) is 16.0. The lowest BCUT2D eigenvalue weighted by Crippen LogP contribution is -2.38. The van der Waals surface area contributed by atoms with Crippen LogP contribution in [-0.4, -0.2) is 42.8 Å². The van der Waals surface area contributed by atoms with Gasteiger partial charge in [-0.2, -0.15) is 0 Å². The first-order chi connectivity index (χ1) is 14.6. The summed E-state index contributed by atoms with van der Waals surface area (Å²) in [4.78, 5) is 27.6. The molecule has 154 valence electrons. The lowest BCUT2D eigenvalue weighted by atomic mass is 10.0. The number of anilines is 1. The SMILES string of the molecule is O=C1C(Nc2ccc3c(c2)OCO3)=C(c2ccc(F)cc2)C(=O)N1CC1CCCO1. The van der Waals surface area contributed by atoms with Crippen LogP contribution in [0.3, 0.4) is 0 Å². The molecule has 0 saturated carbocycles. The first-order valence-electron chi connectivity index (χ1n) is 9.75. The molecular formula is C22H19FN2O5. The number of fused-ring (bicyclic) bond motifs is 1. The van der Waals surface area contributed by atoms with Crippen LogP contribution in [-0.2, 0) is 14.3 Å². The second kappa shape index (κ2) is 7.46. The molecule has 1 unspecified atom stereocenters. The maximum Gasteiger partial charge on any atom is 0.278 e. The van der Waals surface area contributed by atoms with Gasteiger partial charge in [-0.05, 0) is 42.7 Å². The van der Waals surface area contributed by atoms with Crippen molar-refractivity contribution in [1.82, 2.24) is 4.90 Å². The van der Waals surface area contributed by atoms with E-state index in [4.69, 9.17) is 14.2 Å². The van der Waals surface area contributed by atoms with Gasteiger partial charge in [0.05, 0.1) is 18.2 Å². The second-order valence-corrected chi connectivity index (χ2v) is 7.31. The van der Waals surface area contributed by atoms with Crippen LogP contribution in [0.5, 0.6) is 11.5 Å². The van der Waals surface area contributed by atoms with Crippen LogP contribution in [0.15, 0.2) is 48.2 Å². The molecular weight excluding hydrogens is 391 g/mol. The van der Waals surface area contributed by atoms with Gasteiger partial charge >= 0.3 is 0 Å². The van der Waals surface area contributed by atoms with Crippen molar-refractivity contribution in [3.05, 3.63) is 59.5 Å². The van der Waals surface area contributed by atoms with Crippen LogP contribution in [0.1, 0.15) is 18.4 Å². The fourth-order valence-electron chi connectivity index (χ4n) is 3.85. The molecule has 1 atom stereocenters. The Labute approximate surface area is 172 Å². The summed E-state index contributed by atoms with van der Waals surface area (Å²) in [6.45, 7) is 0.949. The number of amides is 2. The molecule has 30 heavy (non-hydrogen) atoms. The predicted octanol–water partition coefficient (Wildman–Crippen LogP) is 2.93. The van der Waals surface area contributed by atoms with E-state index in [1.807, 2.05) is 0 Å². The Morgan fingerprint density at radius 2 is 1.83 bits per heavy atom. The molecule has 3 heterocycles. The predicted molar refractivity (Wildman–Crippen MR) is 105 cm³/mol. The molecule has 1 N–H and O–H groups in total. The van der Waals surface area contributed by atoms with Crippen molar-refractivity contribution in [2.24, 2.45) is 0 Å². The van der Waals surface area contributed by atoms with Crippen molar-refractivity contribution < 1.29 is 28.2 Å². The Bertz CT molecular complexity index is 1040. The highest BCUT2D eigenvalue weighted by Gasteiger charge is 2.40. The molecule has 3 aliphatic heterocycles. The number of hydrogen-bond donors (Lipinski definition) is 1. The third-order valence-electron chi connectivity index (χ3n) is 5.35. The molecule has 0 radical (unpaired) electrons. The van der Waals surface area contributed by atoms with E-state index < -0.39 is 17.6 Å². The topological polar surface area (TPSA) is 77.1 Å². The van der Waals surface area contributed by atoms with Crippen molar-refractivity contribution in [2.75, 3.05) is 25.3 Å². The number of benzene rings is 2. The van der Waals surface area contributed by atoms with Crippen LogP contribution < -0.4 is 14.8 Å². The van der Waals surface area contributed by atoms with E-state index in [1.54, 1.807) is 18.2 Å². The normalized spacial score (nSPS) is 20.4. The first-order valence-corrected chi connectivity index (χ1v) is 9.75. The van der Waals surface area contributed by atoms with Crippen molar-refractivity contribution >= 4 is 23.1 Å². The molecule has 2 aromatic carbocycles.